The van der Waals surface area contributed by atoms with E-state index in [1.54, 1.807) is 6.08 Å². The van der Waals surface area contributed by atoms with Crippen molar-refractivity contribution < 1.29 is 19.1 Å². The Hall–Kier alpha value is -1.16. The highest BCUT2D eigenvalue weighted by Gasteiger charge is 2.25. The molecule has 0 aromatic rings. The van der Waals surface area contributed by atoms with Crippen LogP contribution < -0.4 is 0 Å². The molecule has 0 bridgehead atoms. The van der Waals surface area contributed by atoms with Crippen molar-refractivity contribution in [1.82, 2.24) is 0 Å². The van der Waals surface area contributed by atoms with Gasteiger partial charge in [0.1, 0.15) is 0 Å². The Morgan fingerprint density at radius 3 is 2.46 bits per heavy atom. The Morgan fingerprint density at radius 2 is 2.08 bits per heavy atom. The SMILES string of the molecule is C=CCCC(=O)C(OC)C(=O)OC. The van der Waals surface area contributed by atoms with Crippen molar-refractivity contribution >= 4 is 11.8 Å². The van der Waals surface area contributed by atoms with Crippen LogP contribution in [0.3, 0.4) is 0 Å². The third kappa shape index (κ3) is 3.85. The first kappa shape index (κ1) is 11.8. The molecule has 0 spiro atoms. The predicted molar refractivity (Wildman–Crippen MR) is 47.3 cm³/mol. The van der Waals surface area contributed by atoms with Gasteiger partial charge in [0.2, 0.25) is 6.10 Å². The van der Waals surface area contributed by atoms with E-state index in [2.05, 4.69) is 11.3 Å². The number of methoxy groups -OCH3 is 2. The highest BCUT2D eigenvalue weighted by molar-refractivity contribution is 6.01. The Morgan fingerprint density at radius 1 is 1.46 bits per heavy atom. The van der Waals surface area contributed by atoms with E-state index in [1.165, 1.54) is 14.2 Å². The molecular formula is C9H14O4. The maximum atomic E-state index is 11.3. The maximum absolute atomic E-state index is 11.3. The summed E-state index contributed by atoms with van der Waals surface area (Å²) in [5, 5.41) is 0. The molecule has 0 heterocycles. The normalized spacial score (nSPS) is 11.8. The average molecular weight is 186 g/mol. The molecule has 0 N–H and O–H groups in total. The fourth-order valence-corrected chi connectivity index (χ4v) is 0.842. The minimum atomic E-state index is -1.09. The van der Waals surface area contributed by atoms with E-state index in [4.69, 9.17) is 4.74 Å². The first-order valence-corrected chi connectivity index (χ1v) is 3.91. The van der Waals surface area contributed by atoms with Crippen LogP contribution in [-0.2, 0) is 19.1 Å². The van der Waals surface area contributed by atoms with Gasteiger partial charge in [-0.25, -0.2) is 4.79 Å². The Balaban J connectivity index is 4.14. The quantitative estimate of drug-likeness (QED) is 0.348. The number of ketones is 1. The molecule has 0 aliphatic heterocycles. The van der Waals surface area contributed by atoms with E-state index in [1.807, 2.05) is 0 Å². The molecule has 0 aromatic heterocycles. The molecule has 13 heavy (non-hydrogen) atoms. The van der Waals surface area contributed by atoms with Gasteiger partial charge in [0.05, 0.1) is 7.11 Å². The largest absolute Gasteiger partial charge is 0.467 e. The molecule has 1 atom stereocenters. The average Bonchev–Trinajstić information content (AvgIpc) is 2.15. The highest BCUT2D eigenvalue weighted by atomic mass is 16.6. The predicted octanol–water partition coefficient (Wildman–Crippen LogP) is 0.710. The van der Waals surface area contributed by atoms with Crippen molar-refractivity contribution in [2.75, 3.05) is 14.2 Å². The monoisotopic (exact) mass is 186 g/mol. The summed E-state index contributed by atoms with van der Waals surface area (Å²) >= 11 is 0. The lowest BCUT2D eigenvalue weighted by Gasteiger charge is -2.10. The summed E-state index contributed by atoms with van der Waals surface area (Å²) < 4.78 is 9.10. The Kier molecular flexibility index (Phi) is 5.80. The number of esters is 1. The minimum absolute atomic E-state index is 0.247. The first-order chi connectivity index (χ1) is 6.17. The van der Waals surface area contributed by atoms with Crippen LogP contribution in [0.4, 0.5) is 0 Å². The molecule has 1 unspecified atom stereocenters. The Bertz CT molecular complexity index is 198. The van der Waals surface area contributed by atoms with E-state index in [9.17, 15) is 9.59 Å². The fraction of sp³-hybridized carbons (Fsp3) is 0.556. The van der Waals surface area contributed by atoms with Crippen molar-refractivity contribution in [3.63, 3.8) is 0 Å². The van der Waals surface area contributed by atoms with Crippen molar-refractivity contribution in [3.8, 4) is 0 Å². The highest BCUT2D eigenvalue weighted by Crippen LogP contribution is 2.02. The van der Waals surface area contributed by atoms with Gasteiger partial charge in [-0.05, 0) is 6.42 Å². The third-order valence-corrected chi connectivity index (χ3v) is 1.54. The smallest absolute Gasteiger partial charge is 0.342 e. The second kappa shape index (κ2) is 6.37. The standard InChI is InChI=1S/C9H14O4/c1-4-5-6-7(10)8(12-2)9(11)13-3/h4,8H,1,5-6H2,2-3H3. The van der Waals surface area contributed by atoms with Crippen molar-refractivity contribution in [2.45, 2.75) is 18.9 Å². The van der Waals surface area contributed by atoms with Gasteiger partial charge >= 0.3 is 5.97 Å². The fourth-order valence-electron chi connectivity index (χ4n) is 0.842. The van der Waals surface area contributed by atoms with Crippen LogP contribution in [0.1, 0.15) is 12.8 Å². The van der Waals surface area contributed by atoms with E-state index in [0.29, 0.717) is 6.42 Å². The molecule has 0 saturated carbocycles. The van der Waals surface area contributed by atoms with Crippen LogP contribution in [0.2, 0.25) is 0 Å². The zero-order valence-electron chi connectivity index (χ0n) is 7.91. The van der Waals surface area contributed by atoms with Gasteiger partial charge in [-0.1, -0.05) is 6.08 Å². The van der Waals surface area contributed by atoms with Crippen molar-refractivity contribution in [2.24, 2.45) is 0 Å². The lowest BCUT2D eigenvalue weighted by atomic mass is 10.1. The minimum Gasteiger partial charge on any atom is -0.467 e. The summed E-state index contributed by atoms with van der Waals surface area (Å²) in [5.41, 5.74) is 0. The van der Waals surface area contributed by atoms with Gasteiger partial charge in [-0.15, -0.1) is 6.58 Å². The number of ether oxygens (including phenoxy) is 2. The van der Waals surface area contributed by atoms with Gasteiger partial charge in [-0.2, -0.15) is 0 Å². The molecule has 0 rings (SSSR count). The van der Waals surface area contributed by atoms with Gasteiger partial charge < -0.3 is 9.47 Å². The van der Waals surface area contributed by atoms with E-state index >= 15 is 0 Å². The molecular weight excluding hydrogens is 172 g/mol. The molecule has 4 heteroatoms. The number of Topliss-reactive ketones (excluding diaryl/α,β-unsaturated/α-hetero) is 1. The van der Waals surface area contributed by atoms with Crippen LogP contribution in [0.15, 0.2) is 12.7 Å². The molecule has 0 amide bonds. The lowest BCUT2D eigenvalue weighted by Crippen LogP contribution is -2.32. The third-order valence-electron chi connectivity index (χ3n) is 1.54. The number of carbonyl (C=O) groups excluding carboxylic acids is 2. The molecule has 0 saturated heterocycles. The molecule has 0 aliphatic carbocycles. The van der Waals surface area contributed by atoms with Crippen LogP contribution in [0.5, 0.6) is 0 Å². The second-order valence-electron chi connectivity index (χ2n) is 2.43. The number of hydrogen-bond donors (Lipinski definition) is 0. The molecule has 0 aliphatic rings. The van der Waals surface area contributed by atoms with E-state index in [0.717, 1.165) is 0 Å². The number of carbonyl (C=O) groups is 2. The first-order valence-electron chi connectivity index (χ1n) is 3.91. The van der Waals surface area contributed by atoms with Gasteiger partial charge in [0, 0.05) is 13.5 Å². The van der Waals surface area contributed by atoms with Gasteiger partial charge in [0.25, 0.3) is 0 Å². The van der Waals surface area contributed by atoms with Crippen LogP contribution in [0, 0.1) is 0 Å². The number of rotatable bonds is 6. The Labute approximate surface area is 77.5 Å². The number of allylic oxidation sites excluding steroid dienone is 1. The summed E-state index contributed by atoms with van der Waals surface area (Å²) in [4.78, 5) is 22.2. The molecule has 4 nitrogen and oxygen atoms in total. The summed E-state index contributed by atoms with van der Waals surface area (Å²) in [7, 11) is 2.52. The van der Waals surface area contributed by atoms with Crippen LogP contribution in [0.25, 0.3) is 0 Å². The van der Waals surface area contributed by atoms with Crippen molar-refractivity contribution in [3.05, 3.63) is 12.7 Å². The molecule has 74 valence electrons. The lowest BCUT2D eigenvalue weighted by molar-refractivity contribution is -0.157. The molecule has 0 aromatic carbocycles. The zero-order chi connectivity index (χ0) is 10.3. The van der Waals surface area contributed by atoms with Crippen LogP contribution in [-0.4, -0.2) is 32.1 Å². The molecule has 0 radical (unpaired) electrons. The molecule has 0 fully saturated rings. The van der Waals surface area contributed by atoms with Gasteiger partial charge in [-0.3, -0.25) is 4.79 Å². The van der Waals surface area contributed by atoms with Gasteiger partial charge in [0.15, 0.2) is 5.78 Å². The summed E-state index contributed by atoms with van der Waals surface area (Å²) in [6.45, 7) is 3.47. The summed E-state index contributed by atoms with van der Waals surface area (Å²) in [5.74, 6) is -0.939. The summed E-state index contributed by atoms with van der Waals surface area (Å²) in [6.07, 6.45) is 1.30. The summed E-state index contributed by atoms with van der Waals surface area (Å²) in [6, 6.07) is 0. The van der Waals surface area contributed by atoms with E-state index < -0.39 is 12.1 Å². The zero-order valence-corrected chi connectivity index (χ0v) is 7.91. The topological polar surface area (TPSA) is 52.6 Å². The van der Waals surface area contributed by atoms with Crippen LogP contribution >= 0.6 is 0 Å². The van der Waals surface area contributed by atoms with Crippen molar-refractivity contribution in [1.29, 1.82) is 0 Å². The van der Waals surface area contributed by atoms with E-state index in [-0.39, 0.29) is 12.2 Å². The number of hydrogen-bond acceptors (Lipinski definition) is 4. The second-order valence-corrected chi connectivity index (χ2v) is 2.43. The maximum Gasteiger partial charge on any atom is 0.342 e.